The third-order valence-electron chi connectivity index (χ3n) is 8.61. The first kappa shape index (κ1) is 37.9. The predicted octanol–water partition coefficient (Wildman–Crippen LogP) is 5.05. The van der Waals surface area contributed by atoms with E-state index < -0.39 is 30.0 Å². The number of benzene rings is 3. The number of ether oxygens (including phenoxy) is 2. The topological polar surface area (TPSA) is 143 Å². The molecule has 50 heavy (non-hydrogen) atoms. The molecular weight excluding hydrogens is 634 g/mol. The van der Waals surface area contributed by atoms with Crippen LogP contribution >= 0.6 is 0 Å². The van der Waals surface area contributed by atoms with Gasteiger partial charge in [-0.3, -0.25) is 14.4 Å². The summed E-state index contributed by atoms with van der Waals surface area (Å²) in [7, 11) is 0. The maximum absolute atomic E-state index is 13.6. The number of rotatable bonds is 15. The van der Waals surface area contributed by atoms with E-state index in [-0.39, 0.29) is 44.0 Å². The number of carbonyl (C=O) groups excluding carboxylic acids is 4. The van der Waals surface area contributed by atoms with E-state index in [9.17, 15) is 24.3 Å². The minimum atomic E-state index is -0.659. The molecule has 3 aromatic carbocycles. The summed E-state index contributed by atoms with van der Waals surface area (Å²) in [6, 6.07) is 27.8. The lowest BCUT2D eigenvalue weighted by molar-refractivity contribution is -0.150. The summed E-state index contributed by atoms with van der Waals surface area (Å²) >= 11 is 0. The molecule has 0 aliphatic carbocycles. The summed E-state index contributed by atoms with van der Waals surface area (Å²) in [6.45, 7) is 0.331. The van der Waals surface area contributed by atoms with Gasteiger partial charge in [-0.05, 0) is 61.6 Å². The number of amides is 3. The molecule has 3 aromatic rings. The number of esters is 1. The van der Waals surface area contributed by atoms with E-state index in [0.717, 1.165) is 16.7 Å². The summed E-state index contributed by atoms with van der Waals surface area (Å²) < 4.78 is 11.1. The third-order valence-corrected chi connectivity index (χ3v) is 8.61. The molecule has 10 heteroatoms. The number of carbonyl (C=O) groups is 4. The van der Waals surface area contributed by atoms with Crippen LogP contribution in [0.1, 0.15) is 55.2 Å². The molecular formula is C40H49N3O7. The summed E-state index contributed by atoms with van der Waals surface area (Å²) in [5, 5.41) is 18.6. The van der Waals surface area contributed by atoms with Crippen molar-refractivity contribution in [1.29, 1.82) is 0 Å². The van der Waals surface area contributed by atoms with E-state index in [1.165, 1.54) is 0 Å². The zero-order valence-electron chi connectivity index (χ0n) is 28.5. The highest BCUT2D eigenvalue weighted by molar-refractivity contribution is 5.86. The van der Waals surface area contributed by atoms with E-state index in [0.29, 0.717) is 51.5 Å². The monoisotopic (exact) mass is 683 g/mol. The summed E-state index contributed by atoms with van der Waals surface area (Å²) in [6.07, 6.45) is 6.67. The van der Waals surface area contributed by atoms with Crippen molar-refractivity contribution < 1.29 is 33.8 Å². The Balaban J connectivity index is 1.35. The van der Waals surface area contributed by atoms with Gasteiger partial charge in [-0.1, -0.05) is 103 Å². The number of hydrogen-bond acceptors (Lipinski definition) is 7. The van der Waals surface area contributed by atoms with Gasteiger partial charge in [0.15, 0.2) is 0 Å². The lowest BCUT2D eigenvalue weighted by atomic mass is 9.94. The molecule has 10 nitrogen and oxygen atoms in total. The van der Waals surface area contributed by atoms with Crippen molar-refractivity contribution in [2.24, 2.45) is 11.8 Å². The summed E-state index contributed by atoms with van der Waals surface area (Å²) in [5.74, 6) is -2.02. The van der Waals surface area contributed by atoms with Gasteiger partial charge in [0.05, 0.1) is 30.5 Å². The zero-order valence-corrected chi connectivity index (χ0v) is 28.5. The lowest BCUT2D eigenvalue weighted by Gasteiger charge is -2.25. The van der Waals surface area contributed by atoms with Crippen LogP contribution in [0.25, 0.3) is 0 Å². The van der Waals surface area contributed by atoms with Gasteiger partial charge in [-0.2, -0.15) is 0 Å². The van der Waals surface area contributed by atoms with Crippen molar-refractivity contribution in [2.75, 3.05) is 19.8 Å². The normalized spacial score (nSPS) is 18.8. The van der Waals surface area contributed by atoms with Crippen molar-refractivity contribution in [3.8, 4) is 0 Å². The van der Waals surface area contributed by atoms with E-state index in [4.69, 9.17) is 9.47 Å². The molecule has 0 bridgehead atoms. The minimum Gasteiger partial charge on any atom is -0.463 e. The number of aliphatic hydroxyl groups excluding tert-OH is 1. The Morgan fingerprint density at radius 3 is 2.12 bits per heavy atom. The highest BCUT2D eigenvalue weighted by Gasteiger charge is 2.27. The van der Waals surface area contributed by atoms with E-state index in [1.807, 2.05) is 103 Å². The fraction of sp³-hybridized carbons (Fsp3) is 0.400. The van der Waals surface area contributed by atoms with Crippen molar-refractivity contribution in [3.05, 3.63) is 120 Å². The second-order valence-electron chi connectivity index (χ2n) is 12.7. The van der Waals surface area contributed by atoms with Gasteiger partial charge in [0.25, 0.3) is 0 Å². The first-order valence-electron chi connectivity index (χ1n) is 17.4. The highest BCUT2D eigenvalue weighted by Crippen LogP contribution is 2.19. The highest BCUT2D eigenvalue weighted by atomic mass is 16.5. The molecule has 1 aliphatic rings. The number of allylic oxidation sites excluding steroid dienone is 2. The Bertz CT molecular complexity index is 1500. The van der Waals surface area contributed by atoms with Crippen LogP contribution in [0.15, 0.2) is 103 Å². The number of cyclic esters (lactones) is 1. The quantitative estimate of drug-likeness (QED) is 0.0998. The van der Waals surface area contributed by atoms with Gasteiger partial charge in [0.1, 0.15) is 13.2 Å². The fourth-order valence-electron chi connectivity index (χ4n) is 5.83. The van der Waals surface area contributed by atoms with Crippen LogP contribution in [0.2, 0.25) is 0 Å². The van der Waals surface area contributed by atoms with E-state index in [2.05, 4.69) is 16.0 Å². The maximum Gasteiger partial charge on any atom is 0.407 e. The van der Waals surface area contributed by atoms with Crippen LogP contribution in [0.3, 0.4) is 0 Å². The first-order valence-corrected chi connectivity index (χ1v) is 17.4. The smallest absolute Gasteiger partial charge is 0.407 e. The van der Waals surface area contributed by atoms with Crippen molar-refractivity contribution in [2.45, 2.75) is 70.1 Å². The zero-order chi connectivity index (χ0) is 35.4. The molecule has 0 fully saturated rings. The molecule has 0 saturated carbocycles. The summed E-state index contributed by atoms with van der Waals surface area (Å²) in [5.41, 5.74) is 2.91. The number of aliphatic hydroxyl groups is 1. The Labute approximate surface area is 294 Å². The molecule has 266 valence electrons. The second-order valence-corrected chi connectivity index (χ2v) is 12.7. The molecule has 1 aliphatic heterocycles. The van der Waals surface area contributed by atoms with Crippen LogP contribution in [0, 0.1) is 11.8 Å². The fourth-order valence-corrected chi connectivity index (χ4v) is 5.83. The molecule has 0 unspecified atom stereocenters. The number of nitrogens with one attached hydrogen (secondary N) is 3. The predicted molar refractivity (Wildman–Crippen MR) is 191 cm³/mol. The van der Waals surface area contributed by atoms with Crippen LogP contribution < -0.4 is 16.0 Å². The maximum atomic E-state index is 13.6. The number of unbranched alkanes of at least 4 members (excludes halogenated alkanes) is 1. The Morgan fingerprint density at radius 2 is 1.46 bits per heavy atom. The van der Waals surface area contributed by atoms with Crippen molar-refractivity contribution >= 4 is 23.9 Å². The van der Waals surface area contributed by atoms with Crippen LogP contribution in [0.4, 0.5) is 4.79 Å². The molecule has 0 aromatic heterocycles. The van der Waals surface area contributed by atoms with Gasteiger partial charge in [0.2, 0.25) is 11.8 Å². The number of hydrogen-bond donors (Lipinski definition) is 4. The largest absolute Gasteiger partial charge is 0.463 e. The molecule has 0 spiro atoms. The molecule has 4 N–H and O–H groups in total. The molecule has 3 amide bonds. The van der Waals surface area contributed by atoms with E-state index >= 15 is 0 Å². The minimum absolute atomic E-state index is 0.00526. The van der Waals surface area contributed by atoms with E-state index in [1.54, 1.807) is 0 Å². The van der Waals surface area contributed by atoms with Crippen molar-refractivity contribution in [3.63, 3.8) is 0 Å². The van der Waals surface area contributed by atoms with Gasteiger partial charge in [-0.25, -0.2) is 4.79 Å². The Morgan fingerprint density at radius 1 is 0.840 bits per heavy atom. The Hall–Kier alpha value is -4.96. The molecule has 0 radical (unpaired) electrons. The van der Waals surface area contributed by atoms with Gasteiger partial charge < -0.3 is 30.5 Å². The number of alkyl carbamates (subject to hydrolysis) is 1. The standard InChI is InChI=1S/C40H49N3O7/c44-27-36(25-31-16-6-2-7-17-31)42-37(45)26-33-20-10-11-21-34(24-30-14-4-1-5-15-30)39(47)49-29-35(43-38(33)46)22-12-13-23-41-40(48)50-28-32-18-8-3-9-19-32/h1-11,14-19,33-36,44H,12-13,20-29H2,(H,41,48)(H,42,45)(H,43,46)/t33-,34-,35+,36+/m1/s1. The average molecular weight is 684 g/mol. The SMILES string of the molecule is O=C(C[C@H]1CC=CC[C@H](Cc2ccccc2)C(=O)OC[C@H](CCCCNC(=O)OCc2ccccc2)NC1=O)N[C@H](CO)Cc1ccccc1. The van der Waals surface area contributed by atoms with Crippen LogP contribution in [-0.4, -0.2) is 60.8 Å². The van der Waals surface area contributed by atoms with Crippen LogP contribution in [-0.2, 0) is 43.3 Å². The van der Waals surface area contributed by atoms with Crippen molar-refractivity contribution in [1.82, 2.24) is 16.0 Å². The van der Waals surface area contributed by atoms with Gasteiger partial charge in [0, 0.05) is 13.0 Å². The molecule has 4 rings (SSSR count). The van der Waals surface area contributed by atoms with Crippen LogP contribution in [0.5, 0.6) is 0 Å². The second kappa shape index (κ2) is 21.2. The van der Waals surface area contributed by atoms with Gasteiger partial charge >= 0.3 is 12.1 Å². The first-order chi connectivity index (χ1) is 24.4. The van der Waals surface area contributed by atoms with Gasteiger partial charge in [-0.15, -0.1) is 0 Å². The molecule has 4 atom stereocenters. The average Bonchev–Trinajstić information content (AvgIpc) is 3.13. The molecule has 1 heterocycles. The lowest BCUT2D eigenvalue weighted by Crippen LogP contribution is -2.45. The third kappa shape index (κ3) is 13.9. The molecule has 0 saturated heterocycles. The summed E-state index contributed by atoms with van der Waals surface area (Å²) in [4.78, 5) is 52.1. The Kier molecular flexibility index (Phi) is 16.0.